The van der Waals surface area contributed by atoms with Gasteiger partial charge in [0.15, 0.2) is 0 Å². The third-order valence-corrected chi connectivity index (χ3v) is 2.24. The minimum absolute atomic E-state index is 0.00519. The first-order valence-corrected chi connectivity index (χ1v) is 5.47. The van der Waals surface area contributed by atoms with Gasteiger partial charge in [0, 0.05) is 0 Å². The third-order valence-electron chi connectivity index (χ3n) is 2.24. The number of nitrogens with two attached hydrogens (primary N) is 1. The number of ether oxygens (including phenoxy) is 1. The van der Waals surface area contributed by atoms with Gasteiger partial charge in [-0.15, -0.1) is 0 Å². The SMILES string of the molecule is CCOc1nc(NC(CC)CO)ccc1N. The molecule has 0 aliphatic heterocycles. The molecule has 1 unspecified atom stereocenters. The molecule has 4 N–H and O–H groups in total. The molecular formula is C11H19N3O2. The summed E-state index contributed by atoms with van der Waals surface area (Å²) in [6, 6.07) is 3.52. The molecule has 0 aliphatic carbocycles. The topological polar surface area (TPSA) is 80.4 Å². The normalized spacial score (nSPS) is 12.2. The molecular weight excluding hydrogens is 206 g/mol. The van der Waals surface area contributed by atoms with Crippen molar-refractivity contribution in [2.45, 2.75) is 26.3 Å². The smallest absolute Gasteiger partial charge is 0.239 e. The van der Waals surface area contributed by atoms with Crippen LogP contribution in [0, 0.1) is 0 Å². The summed E-state index contributed by atoms with van der Waals surface area (Å²) >= 11 is 0. The van der Waals surface area contributed by atoms with E-state index in [1.54, 1.807) is 12.1 Å². The molecule has 1 aromatic rings. The van der Waals surface area contributed by atoms with Crippen LogP contribution in [0.1, 0.15) is 20.3 Å². The van der Waals surface area contributed by atoms with Crippen LogP contribution in [0.3, 0.4) is 0 Å². The Kier molecular flexibility index (Phi) is 4.85. The van der Waals surface area contributed by atoms with Crippen LogP contribution in [0.15, 0.2) is 12.1 Å². The van der Waals surface area contributed by atoms with E-state index in [0.29, 0.717) is 24.0 Å². The largest absolute Gasteiger partial charge is 0.476 e. The molecule has 90 valence electrons. The molecule has 0 saturated heterocycles. The van der Waals surface area contributed by atoms with E-state index >= 15 is 0 Å². The van der Waals surface area contributed by atoms with Crippen molar-refractivity contribution >= 4 is 11.5 Å². The average molecular weight is 225 g/mol. The molecule has 0 saturated carbocycles. The number of hydrogen-bond donors (Lipinski definition) is 3. The van der Waals surface area contributed by atoms with Crippen LogP contribution < -0.4 is 15.8 Å². The lowest BCUT2D eigenvalue weighted by atomic mass is 10.2. The Labute approximate surface area is 95.6 Å². The van der Waals surface area contributed by atoms with Gasteiger partial charge in [0.25, 0.3) is 0 Å². The Morgan fingerprint density at radius 1 is 1.50 bits per heavy atom. The number of nitrogen functional groups attached to an aromatic ring is 1. The minimum Gasteiger partial charge on any atom is -0.476 e. The highest BCUT2D eigenvalue weighted by atomic mass is 16.5. The van der Waals surface area contributed by atoms with E-state index in [9.17, 15) is 0 Å². The number of aliphatic hydroxyl groups excluding tert-OH is 1. The molecule has 5 nitrogen and oxygen atoms in total. The van der Waals surface area contributed by atoms with Crippen molar-refractivity contribution in [2.75, 3.05) is 24.3 Å². The lowest BCUT2D eigenvalue weighted by Gasteiger charge is -2.15. The molecule has 0 spiro atoms. The lowest BCUT2D eigenvalue weighted by molar-refractivity contribution is 0.271. The van der Waals surface area contributed by atoms with Crippen molar-refractivity contribution in [3.8, 4) is 5.88 Å². The minimum atomic E-state index is 0.00519. The van der Waals surface area contributed by atoms with E-state index in [1.165, 1.54) is 0 Å². The maximum absolute atomic E-state index is 9.07. The first-order chi connectivity index (χ1) is 7.71. The Bertz CT molecular complexity index is 327. The second-order valence-electron chi connectivity index (χ2n) is 3.46. The van der Waals surface area contributed by atoms with E-state index in [2.05, 4.69) is 10.3 Å². The van der Waals surface area contributed by atoms with Gasteiger partial charge in [-0.05, 0) is 25.5 Å². The average Bonchev–Trinajstić information content (AvgIpc) is 2.30. The number of nitrogens with one attached hydrogen (secondary N) is 1. The fraction of sp³-hybridized carbons (Fsp3) is 0.545. The number of aliphatic hydroxyl groups is 1. The standard InChI is InChI=1S/C11H19N3O2/c1-3-8(7-15)13-10-6-5-9(12)11(14-10)16-4-2/h5-6,8,15H,3-4,7,12H2,1-2H3,(H,13,14). The fourth-order valence-corrected chi connectivity index (χ4v) is 1.27. The van der Waals surface area contributed by atoms with Gasteiger partial charge in [-0.2, -0.15) is 4.98 Å². The van der Waals surface area contributed by atoms with E-state index in [4.69, 9.17) is 15.6 Å². The van der Waals surface area contributed by atoms with Gasteiger partial charge in [-0.3, -0.25) is 0 Å². The Morgan fingerprint density at radius 3 is 2.81 bits per heavy atom. The summed E-state index contributed by atoms with van der Waals surface area (Å²) in [5, 5.41) is 12.2. The van der Waals surface area contributed by atoms with Crippen LogP contribution in [-0.2, 0) is 0 Å². The Morgan fingerprint density at radius 2 is 2.25 bits per heavy atom. The maximum atomic E-state index is 9.07. The summed E-state index contributed by atoms with van der Waals surface area (Å²) in [5.41, 5.74) is 6.22. The first kappa shape index (κ1) is 12.6. The molecule has 5 heteroatoms. The van der Waals surface area contributed by atoms with Crippen LogP contribution in [0.4, 0.5) is 11.5 Å². The van der Waals surface area contributed by atoms with Crippen LogP contribution in [0.25, 0.3) is 0 Å². The molecule has 0 fully saturated rings. The number of hydrogen-bond acceptors (Lipinski definition) is 5. The molecule has 0 radical (unpaired) electrons. The first-order valence-electron chi connectivity index (χ1n) is 5.47. The highest BCUT2D eigenvalue weighted by molar-refractivity contribution is 5.53. The number of pyridine rings is 1. The van der Waals surface area contributed by atoms with Crippen molar-refractivity contribution in [1.29, 1.82) is 0 Å². The van der Waals surface area contributed by atoms with Gasteiger partial charge in [0.2, 0.25) is 5.88 Å². The molecule has 0 amide bonds. The second kappa shape index (κ2) is 6.17. The van der Waals surface area contributed by atoms with Gasteiger partial charge in [-0.1, -0.05) is 6.92 Å². The van der Waals surface area contributed by atoms with Crippen LogP contribution in [-0.4, -0.2) is 29.3 Å². The Hall–Kier alpha value is -1.49. The van der Waals surface area contributed by atoms with Gasteiger partial charge in [-0.25, -0.2) is 0 Å². The quantitative estimate of drug-likeness (QED) is 0.679. The maximum Gasteiger partial charge on any atom is 0.239 e. The molecule has 0 bridgehead atoms. The number of rotatable bonds is 6. The summed E-state index contributed by atoms with van der Waals surface area (Å²) in [6.45, 7) is 4.48. The zero-order chi connectivity index (χ0) is 12.0. The molecule has 1 heterocycles. The zero-order valence-corrected chi connectivity index (χ0v) is 9.73. The number of nitrogens with zero attached hydrogens (tertiary/aromatic N) is 1. The van der Waals surface area contributed by atoms with Crippen LogP contribution in [0.2, 0.25) is 0 Å². The van der Waals surface area contributed by atoms with Gasteiger partial charge < -0.3 is 20.9 Å². The summed E-state index contributed by atoms with van der Waals surface area (Å²) in [4.78, 5) is 4.23. The van der Waals surface area contributed by atoms with E-state index in [0.717, 1.165) is 6.42 Å². The van der Waals surface area contributed by atoms with Crippen molar-refractivity contribution in [1.82, 2.24) is 4.98 Å². The summed E-state index contributed by atoms with van der Waals surface area (Å²) < 4.78 is 5.29. The van der Waals surface area contributed by atoms with E-state index < -0.39 is 0 Å². The molecule has 1 rings (SSSR count). The summed E-state index contributed by atoms with van der Waals surface area (Å²) in [7, 11) is 0. The lowest BCUT2D eigenvalue weighted by Crippen LogP contribution is -2.23. The van der Waals surface area contributed by atoms with Crippen molar-refractivity contribution in [2.24, 2.45) is 0 Å². The van der Waals surface area contributed by atoms with Crippen molar-refractivity contribution < 1.29 is 9.84 Å². The third kappa shape index (κ3) is 3.27. The molecule has 1 atom stereocenters. The van der Waals surface area contributed by atoms with Crippen LogP contribution >= 0.6 is 0 Å². The van der Waals surface area contributed by atoms with Crippen molar-refractivity contribution in [3.63, 3.8) is 0 Å². The van der Waals surface area contributed by atoms with E-state index in [-0.39, 0.29) is 12.6 Å². The predicted molar refractivity (Wildman–Crippen MR) is 64.6 cm³/mol. The van der Waals surface area contributed by atoms with Gasteiger partial charge in [0.1, 0.15) is 5.82 Å². The fourth-order valence-electron chi connectivity index (χ4n) is 1.27. The highest BCUT2D eigenvalue weighted by Crippen LogP contribution is 2.21. The molecule has 16 heavy (non-hydrogen) atoms. The van der Waals surface area contributed by atoms with E-state index in [1.807, 2.05) is 13.8 Å². The number of aromatic nitrogens is 1. The summed E-state index contributed by atoms with van der Waals surface area (Å²) in [5.74, 6) is 1.10. The van der Waals surface area contributed by atoms with Crippen LogP contribution in [0.5, 0.6) is 5.88 Å². The highest BCUT2D eigenvalue weighted by Gasteiger charge is 2.07. The number of anilines is 2. The van der Waals surface area contributed by atoms with Crippen molar-refractivity contribution in [3.05, 3.63) is 12.1 Å². The zero-order valence-electron chi connectivity index (χ0n) is 9.73. The molecule has 0 aromatic carbocycles. The van der Waals surface area contributed by atoms with Gasteiger partial charge in [0.05, 0.1) is 24.9 Å². The summed E-state index contributed by atoms with van der Waals surface area (Å²) in [6.07, 6.45) is 0.826. The molecule has 0 aliphatic rings. The molecule has 1 aromatic heterocycles. The Balaban J connectivity index is 2.77. The monoisotopic (exact) mass is 225 g/mol. The van der Waals surface area contributed by atoms with Gasteiger partial charge >= 0.3 is 0 Å². The second-order valence-corrected chi connectivity index (χ2v) is 3.46. The predicted octanol–water partition coefficient (Wildman–Crippen LogP) is 1.25.